The maximum atomic E-state index is 2.44. The zero-order valence-electron chi connectivity index (χ0n) is 42.3. The summed E-state index contributed by atoms with van der Waals surface area (Å²) in [4.78, 5) is 4.70. The van der Waals surface area contributed by atoms with E-state index in [0.29, 0.717) is 0 Å². The van der Waals surface area contributed by atoms with Crippen molar-refractivity contribution in [1.82, 2.24) is 4.57 Å². The molecule has 77 heavy (non-hydrogen) atoms. The predicted molar refractivity (Wildman–Crippen MR) is 327 cm³/mol. The van der Waals surface area contributed by atoms with Crippen LogP contribution in [0.5, 0.6) is 0 Å². The zero-order valence-corrected chi connectivity index (χ0v) is 42.3. The molecule has 1 aromatic heterocycles. The van der Waals surface area contributed by atoms with Gasteiger partial charge >= 0.3 is 0 Å². The summed E-state index contributed by atoms with van der Waals surface area (Å²) in [7, 11) is 0. The summed E-state index contributed by atoms with van der Waals surface area (Å²) in [5, 5.41) is 7.27. The molecule has 0 aliphatic carbocycles. The van der Waals surface area contributed by atoms with Crippen molar-refractivity contribution in [2.75, 3.05) is 9.80 Å². The van der Waals surface area contributed by atoms with Crippen molar-refractivity contribution in [1.29, 1.82) is 0 Å². The van der Waals surface area contributed by atoms with Gasteiger partial charge in [-0.3, -0.25) is 0 Å². The van der Waals surface area contributed by atoms with Crippen LogP contribution in [0.2, 0.25) is 0 Å². The van der Waals surface area contributed by atoms with Crippen LogP contribution in [0.25, 0.3) is 93.5 Å². The fourth-order valence-corrected chi connectivity index (χ4v) is 11.6. The normalized spacial score (nSPS) is 11.4. The Bertz CT molecular complexity index is 4110. The second-order valence-corrected chi connectivity index (χ2v) is 19.7. The first kappa shape index (κ1) is 45.4. The minimum atomic E-state index is 1.09. The Morgan fingerprint density at radius 1 is 0.195 bits per heavy atom. The van der Waals surface area contributed by atoms with E-state index in [4.69, 9.17) is 0 Å². The van der Waals surface area contributed by atoms with E-state index in [0.717, 1.165) is 50.8 Å². The van der Waals surface area contributed by atoms with Crippen molar-refractivity contribution in [3.8, 4) is 50.2 Å². The van der Waals surface area contributed by atoms with E-state index < -0.39 is 0 Å². The summed E-state index contributed by atoms with van der Waals surface area (Å²) in [6.45, 7) is 0. The van der Waals surface area contributed by atoms with Gasteiger partial charge < -0.3 is 14.4 Å². The Hall–Kier alpha value is -10.2. The highest BCUT2D eigenvalue weighted by molar-refractivity contribution is 6.21. The van der Waals surface area contributed by atoms with Gasteiger partial charge in [-0.2, -0.15) is 0 Å². The van der Waals surface area contributed by atoms with Crippen LogP contribution in [0.3, 0.4) is 0 Å². The second-order valence-electron chi connectivity index (χ2n) is 19.7. The molecule has 0 unspecified atom stereocenters. The Balaban J connectivity index is 0.894. The van der Waals surface area contributed by atoms with E-state index in [2.05, 4.69) is 324 Å². The van der Waals surface area contributed by atoms with Crippen LogP contribution in [0.15, 0.2) is 309 Å². The number of hydrogen-bond acceptors (Lipinski definition) is 2. The lowest BCUT2D eigenvalue weighted by atomic mass is 9.85. The molecule has 0 fully saturated rings. The number of para-hydroxylation sites is 4. The minimum absolute atomic E-state index is 1.09. The molecule has 0 radical (unpaired) electrons. The van der Waals surface area contributed by atoms with Crippen molar-refractivity contribution >= 4 is 77.5 Å². The molecule has 0 N–H and O–H groups in total. The molecule has 362 valence electrons. The lowest BCUT2D eigenvalue weighted by molar-refractivity contribution is 1.18. The van der Waals surface area contributed by atoms with Gasteiger partial charge in [0.2, 0.25) is 0 Å². The van der Waals surface area contributed by atoms with Gasteiger partial charge in [0, 0.05) is 50.6 Å². The summed E-state index contributed by atoms with van der Waals surface area (Å²) in [5.41, 5.74) is 19.7. The second kappa shape index (κ2) is 19.6. The van der Waals surface area contributed by atoms with E-state index in [1.54, 1.807) is 0 Å². The first-order valence-electron chi connectivity index (χ1n) is 26.4. The van der Waals surface area contributed by atoms with E-state index in [9.17, 15) is 0 Å². The summed E-state index contributed by atoms with van der Waals surface area (Å²) in [6, 6.07) is 112. The predicted octanol–water partition coefficient (Wildman–Crippen LogP) is 20.7. The topological polar surface area (TPSA) is 11.4 Å². The van der Waals surface area contributed by atoms with Crippen LogP contribution in [0.1, 0.15) is 0 Å². The summed E-state index contributed by atoms with van der Waals surface area (Å²) < 4.78 is 2.44. The molecule has 13 aromatic carbocycles. The Morgan fingerprint density at radius 2 is 0.468 bits per heavy atom. The monoisotopic (exact) mass is 981 g/mol. The summed E-state index contributed by atoms with van der Waals surface area (Å²) >= 11 is 0. The highest BCUT2D eigenvalue weighted by atomic mass is 15.1. The number of benzene rings is 13. The van der Waals surface area contributed by atoms with Crippen LogP contribution in [0, 0.1) is 0 Å². The van der Waals surface area contributed by atoms with Crippen LogP contribution < -0.4 is 9.80 Å². The lowest BCUT2D eigenvalue weighted by Gasteiger charge is -2.26. The standard InChI is InChI=1S/C74H51N3/c1-6-20-52(21-7-1)53-34-36-54(37-35-53)55-38-40-56(41-39-55)73-65-30-16-18-32-67(65)74(68-33-19-17-31-66(68)73)57-42-44-62(45-43-57)77-71-48-46-63(75(58-22-8-2-9-23-58)59-24-10-3-11-25-59)50-69(71)70-51-64(47-49-72(70)77)76(60-26-12-4-13-27-60)61-28-14-5-15-29-61/h1-51H. The highest BCUT2D eigenvalue weighted by Gasteiger charge is 2.22. The first-order valence-corrected chi connectivity index (χ1v) is 26.4. The molecule has 0 atom stereocenters. The number of fused-ring (bicyclic) bond motifs is 5. The molecular formula is C74H51N3. The van der Waals surface area contributed by atoms with Crippen molar-refractivity contribution in [2.24, 2.45) is 0 Å². The molecule has 0 aliphatic heterocycles. The molecule has 0 bridgehead atoms. The third-order valence-electron chi connectivity index (χ3n) is 15.2. The average Bonchev–Trinajstić information content (AvgIpc) is 3.90. The molecule has 0 saturated heterocycles. The minimum Gasteiger partial charge on any atom is -0.310 e. The van der Waals surface area contributed by atoms with Crippen molar-refractivity contribution in [3.05, 3.63) is 309 Å². The Morgan fingerprint density at radius 3 is 0.805 bits per heavy atom. The average molecular weight is 982 g/mol. The number of nitrogens with zero attached hydrogens (tertiary/aromatic N) is 3. The van der Waals surface area contributed by atoms with E-state index in [1.807, 2.05) is 0 Å². The fraction of sp³-hybridized carbons (Fsp3) is 0. The Labute approximate surface area is 449 Å². The number of aromatic nitrogens is 1. The molecule has 3 nitrogen and oxygen atoms in total. The van der Waals surface area contributed by atoms with Gasteiger partial charge in [0.1, 0.15) is 0 Å². The molecule has 0 saturated carbocycles. The Kier molecular flexibility index (Phi) is 11.5. The van der Waals surface area contributed by atoms with Crippen LogP contribution in [0.4, 0.5) is 34.1 Å². The highest BCUT2D eigenvalue weighted by Crippen LogP contribution is 2.46. The van der Waals surface area contributed by atoms with Crippen molar-refractivity contribution in [2.45, 2.75) is 0 Å². The van der Waals surface area contributed by atoms with Crippen molar-refractivity contribution in [3.63, 3.8) is 0 Å². The lowest BCUT2D eigenvalue weighted by Crippen LogP contribution is -2.09. The molecule has 1 heterocycles. The fourth-order valence-electron chi connectivity index (χ4n) is 11.6. The van der Waals surface area contributed by atoms with E-state index in [1.165, 1.54) is 76.8 Å². The quantitative estimate of drug-likeness (QED) is 0.120. The van der Waals surface area contributed by atoms with Gasteiger partial charge in [0.15, 0.2) is 0 Å². The van der Waals surface area contributed by atoms with Gasteiger partial charge in [0.05, 0.1) is 11.0 Å². The van der Waals surface area contributed by atoms with Crippen LogP contribution in [-0.2, 0) is 0 Å². The number of hydrogen-bond donors (Lipinski definition) is 0. The van der Waals surface area contributed by atoms with Crippen LogP contribution in [-0.4, -0.2) is 4.57 Å². The van der Waals surface area contributed by atoms with Gasteiger partial charge in [-0.05, 0) is 163 Å². The molecule has 14 aromatic rings. The van der Waals surface area contributed by atoms with Gasteiger partial charge in [0.25, 0.3) is 0 Å². The third kappa shape index (κ3) is 8.28. The maximum absolute atomic E-state index is 2.44. The largest absolute Gasteiger partial charge is 0.310 e. The summed E-state index contributed by atoms with van der Waals surface area (Å²) in [6.07, 6.45) is 0. The summed E-state index contributed by atoms with van der Waals surface area (Å²) in [5.74, 6) is 0. The maximum Gasteiger partial charge on any atom is 0.0542 e. The first-order chi connectivity index (χ1) is 38.2. The number of rotatable bonds is 11. The zero-order chi connectivity index (χ0) is 51.1. The van der Waals surface area contributed by atoms with Gasteiger partial charge in [-0.25, -0.2) is 0 Å². The van der Waals surface area contributed by atoms with E-state index in [-0.39, 0.29) is 0 Å². The molecule has 0 aliphatic rings. The SMILES string of the molecule is c1ccc(-c2ccc(-c3ccc(-c4c5ccccc5c(-c5ccc(-n6c7ccc(N(c8ccccc8)c8ccccc8)cc7c7cc(N(c8ccccc8)c8ccccc8)ccc76)cc5)c5ccccc45)cc3)cc2)cc1. The van der Waals surface area contributed by atoms with E-state index >= 15 is 0 Å². The molecule has 0 spiro atoms. The van der Waals surface area contributed by atoms with Gasteiger partial charge in [-0.15, -0.1) is 0 Å². The molecule has 14 rings (SSSR count). The number of anilines is 6. The third-order valence-corrected chi connectivity index (χ3v) is 15.2. The smallest absolute Gasteiger partial charge is 0.0542 e. The molecular weight excluding hydrogens is 931 g/mol. The molecule has 0 amide bonds. The molecule has 3 heteroatoms. The van der Waals surface area contributed by atoms with Gasteiger partial charge in [-0.1, -0.05) is 212 Å². The van der Waals surface area contributed by atoms with Crippen molar-refractivity contribution < 1.29 is 0 Å². The van der Waals surface area contributed by atoms with Crippen LogP contribution >= 0.6 is 0 Å².